The number of nitrogens with zero attached hydrogens (tertiary/aromatic N) is 3. The Labute approximate surface area is 208 Å². The second kappa shape index (κ2) is 9.13. The van der Waals surface area contributed by atoms with Gasteiger partial charge in [0.1, 0.15) is 5.82 Å². The molecule has 1 atom stereocenters. The number of ether oxygens (including phenoxy) is 1. The van der Waals surface area contributed by atoms with Crippen molar-refractivity contribution in [1.29, 1.82) is 0 Å². The fourth-order valence-corrected chi connectivity index (χ4v) is 4.97. The lowest BCUT2D eigenvalue weighted by Crippen LogP contribution is -2.29. The predicted molar refractivity (Wildman–Crippen MR) is 144 cm³/mol. The van der Waals surface area contributed by atoms with E-state index in [-0.39, 0.29) is 5.56 Å². The molecular formula is C28H28N6O2. The number of H-pyrrole nitrogens is 2. The van der Waals surface area contributed by atoms with Gasteiger partial charge in [0.2, 0.25) is 0 Å². The SMILES string of the molecule is Cc1cc(Nc2nc(-c3ccc4cn[nH]c4c3)cc3cc[nH]c(=O)c23)ccc1N1CCOC[C@H](C)C1. The number of hydrogen-bond donors (Lipinski definition) is 3. The van der Waals surface area contributed by atoms with Crippen molar-refractivity contribution in [1.82, 2.24) is 20.2 Å². The molecule has 0 aliphatic carbocycles. The van der Waals surface area contributed by atoms with Gasteiger partial charge in [-0.1, -0.05) is 19.1 Å². The van der Waals surface area contributed by atoms with E-state index in [0.717, 1.165) is 65.1 Å². The van der Waals surface area contributed by atoms with Crippen molar-refractivity contribution in [3.05, 3.63) is 76.8 Å². The molecule has 36 heavy (non-hydrogen) atoms. The van der Waals surface area contributed by atoms with Gasteiger partial charge in [-0.3, -0.25) is 9.89 Å². The second-order valence-corrected chi connectivity index (χ2v) is 9.55. The summed E-state index contributed by atoms with van der Waals surface area (Å²) in [6.07, 6.45) is 3.46. The lowest BCUT2D eigenvalue weighted by atomic mass is 10.1. The second-order valence-electron chi connectivity index (χ2n) is 9.55. The molecule has 1 fully saturated rings. The zero-order valence-electron chi connectivity index (χ0n) is 20.3. The van der Waals surface area contributed by atoms with Crippen LogP contribution in [0.3, 0.4) is 0 Å². The monoisotopic (exact) mass is 480 g/mol. The maximum atomic E-state index is 12.8. The zero-order valence-corrected chi connectivity index (χ0v) is 20.3. The molecule has 1 aliphatic rings. The van der Waals surface area contributed by atoms with E-state index in [1.54, 1.807) is 12.4 Å². The van der Waals surface area contributed by atoms with Gasteiger partial charge >= 0.3 is 0 Å². The van der Waals surface area contributed by atoms with Crippen LogP contribution in [0.5, 0.6) is 0 Å². The Balaban J connectivity index is 1.39. The molecule has 8 heteroatoms. The molecule has 1 aliphatic heterocycles. The summed E-state index contributed by atoms with van der Waals surface area (Å²) in [5.41, 5.74) is 5.73. The minimum absolute atomic E-state index is 0.176. The Kier molecular flexibility index (Phi) is 5.65. The minimum Gasteiger partial charge on any atom is -0.379 e. The third-order valence-corrected chi connectivity index (χ3v) is 6.73. The van der Waals surface area contributed by atoms with Crippen LogP contribution in [0.1, 0.15) is 12.5 Å². The molecule has 182 valence electrons. The number of hydrogen-bond acceptors (Lipinski definition) is 6. The maximum absolute atomic E-state index is 12.8. The quantitative estimate of drug-likeness (QED) is 0.335. The van der Waals surface area contributed by atoms with Gasteiger partial charge in [-0.15, -0.1) is 0 Å². The van der Waals surface area contributed by atoms with E-state index < -0.39 is 0 Å². The standard InChI is InChI=1S/C28H28N6O2/c1-17-15-34(9-10-36-16-17)25-6-5-22(11-18(25)2)31-27-26-20(7-8-29-28(26)35)13-23(32-27)19-3-4-21-14-30-33-24(21)12-19/h3-8,11-14,17H,9-10,15-16H2,1-2H3,(H,29,35)(H,30,33)(H,31,32)/t17-/m1/s1. The van der Waals surface area contributed by atoms with E-state index in [4.69, 9.17) is 9.72 Å². The van der Waals surface area contributed by atoms with E-state index in [1.165, 1.54) is 5.69 Å². The van der Waals surface area contributed by atoms with E-state index in [0.29, 0.717) is 17.1 Å². The number of aromatic nitrogens is 4. The summed E-state index contributed by atoms with van der Waals surface area (Å²) in [5.74, 6) is 1.01. The third-order valence-electron chi connectivity index (χ3n) is 6.73. The van der Waals surface area contributed by atoms with Crippen molar-refractivity contribution in [3.63, 3.8) is 0 Å². The molecule has 0 radical (unpaired) electrons. The van der Waals surface area contributed by atoms with Crippen molar-refractivity contribution < 1.29 is 4.74 Å². The molecule has 3 aromatic heterocycles. The molecule has 3 N–H and O–H groups in total. The summed E-state index contributed by atoms with van der Waals surface area (Å²) in [4.78, 5) is 22.9. The summed E-state index contributed by atoms with van der Waals surface area (Å²) >= 11 is 0. The molecule has 8 nitrogen and oxygen atoms in total. The molecule has 5 aromatic rings. The summed E-state index contributed by atoms with van der Waals surface area (Å²) < 4.78 is 5.72. The first-order valence-corrected chi connectivity index (χ1v) is 12.2. The first kappa shape index (κ1) is 22.3. The molecule has 6 rings (SSSR count). The van der Waals surface area contributed by atoms with Crippen LogP contribution >= 0.6 is 0 Å². The molecule has 0 unspecified atom stereocenters. The van der Waals surface area contributed by atoms with Gasteiger partial charge in [-0.25, -0.2) is 4.98 Å². The van der Waals surface area contributed by atoms with Gasteiger partial charge in [0, 0.05) is 41.6 Å². The fourth-order valence-electron chi connectivity index (χ4n) is 4.97. The first-order chi connectivity index (χ1) is 17.5. The van der Waals surface area contributed by atoms with E-state index in [2.05, 4.69) is 51.4 Å². The number of pyridine rings is 2. The van der Waals surface area contributed by atoms with Crippen molar-refractivity contribution in [3.8, 4) is 11.3 Å². The lowest BCUT2D eigenvalue weighted by molar-refractivity contribution is 0.129. The molecule has 0 amide bonds. The van der Waals surface area contributed by atoms with Crippen LogP contribution < -0.4 is 15.8 Å². The van der Waals surface area contributed by atoms with Gasteiger partial charge in [0.05, 0.1) is 36.0 Å². The Morgan fingerprint density at radius 2 is 2.03 bits per heavy atom. The van der Waals surface area contributed by atoms with Crippen LogP contribution in [0.2, 0.25) is 0 Å². The van der Waals surface area contributed by atoms with E-state index in [1.807, 2.05) is 36.4 Å². The summed E-state index contributed by atoms with van der Waals surface area (Å²) in [6.45, 7) is 7.71. The molecule has 0 saturated carbocycles. The Morgan fingerprint density at radius 1 is 1.11 bits per heavy atom. The van der Waals surface area contributed by atoms with Crippen LogP contribution in [0.4, 0.5) is 17.2 Å². The highest BCUT2D eigenvalue weighted by Crippen LogP contribution is 2.31. The number of fused-ring (bicyclic) bond motifs is 2. The first-order valence-electron chi connectivity index (χ1n) is 12.2. The molecule has 0 bridgehead atoms. The number of aryl methyl sites for hydroxylation is 1. The smallest absolute Gasteiger partial charge is 0.259 e. The number of anilines is 3. The largest absolute Gasteiger partial charge is 0.379 e. The highest BCUT2D eigenvalue weighted by molar-refractivity contribution is 5.96. The predicted octanol–water partition coefficient (Wildman–Crippen LogP) is 4.99. The van der Waals surface area contributed by atoms with Crippen molar-refractivity contribution >= 4 is 38.9 Å². The highest BCUT2D eigenvalue weighted by Gasteiger charge is 2.18. The fraction of sp³-hybridized carbons (Fsp3) is 0.250. The van der Waals surface area contributed by atoms with Crippen LogP contribution in [0.15, 0.2) is 65.7 Å². The number of benzene rings is 2. The van der Waals surface area contributed by atoms with Gasteiger partial charge < -0.3 is 19.9 Å². The average Bonchev–Trinajstić information content (AvgIpc) is 3.23. The highest BCUT2D eigenvalue weighted by atomic mass is 16.5. The van der Waals surface area contributed by atoms with Gasteiger partial charge in [0.15, 0.2) is 0 Å². The number of rotatable bonds is 4. The van der Waals surface area contributed by atoms with Gasteiger partial charge in [0.25, 0.3) is 5.56 Å². The average molecular weight is 481 g/mol. The Hall–Kier alpha value is -4.17. The van der Waals surface area contributed by atoms with E-state index in [9.17, 15) is 4.79 Å². The molecule has 2 aromatic carbocycles. The minimum atomic E-state index is -0.176. The summed E-state index contributed by atoms with van der Waals surface area (Å²) in [6, 6.07) is 16.2. The molecule has 4 heterocycles. The molecule has 1 saturated heterocycles. The third kappa shape index (κ3) is 4.20. The zero-order chi connectivity index (χ0) is 24.6. The lowest BCUT2D eigenvalue weighted by Gasteiger charge is -2.26. The normalized spacial score (nSPS) is 16.4. The maximum Gasteiger partial charge on any atom is 0.259 e. The van der Waals surface area contributed by atoms with Gasteiger partial charge in [-0.2, -0.15) is 5.10 Å². The number of nitrogens with one attached hydrogen (secondary N) is 3. The van der Waals surface area contributed by atoms with Crippen LogP contribution in [0, 0.1) is 12.8 Å². The van der Waals surface area contributed by atoms with Crippen molar-refractivity contribution in [2.45, 2.75) is 13.8 Å². The van der Waals surface area contributed by atoms with Crippen molar-refractivity contribution in [2.24, 2.45) is 5.92 Å². The Bertz CT molecular complexity index is 1620. The molecule has 0 spiro atoms. The van der Waals surface area contributed by atoms with Gasteiger partial charge in [-0.05, 0) is 60.2 Å². The number of aromatic amines is 2. The topological polar surface area (TPSA) is 98.9 Å². The van der Waals surface area contributed by atoms with E-state index >= 15 is 0 Å². The van der Waals surface area contributed by atoms with Crippen LogP contribution in [-0.4, -0.2) is 46.5 Å². The molecular weight excluding hydrogens is 452 g/mol. The Morgan fingerprint density at radius 3 is 2.92 bits per heavy atom. The van der Waals surface area contributed by atoms with Crippen LogP contribution in [-0.2, 0) is 4.74 Å². The van der Waals surface area contributed by atoms with Crippen LogP contribution in [0.25, 0.3) is 32.9 Å². The van der Waals surface area contributed by atoms with Crippen molar-refractivity contribution in [2.75, 3.05) is 36.5 Å². The summed E-state index contributed by atoms with van der Waals surface area (Å²) in [7, 11) is 0. The summed E-state index contributed by atoms with van der Waals surface area (Å²) in [5, 5.41) is 12.9.